The lowest BCUT2D eigenvalue weighted by Crippen LogP contribution is -2.15. The monoisotopic (exact) mass is 436 g/mol. The summed E-state index contributed by atoms with van der Waals surface area (Å²) in [4.78, 5) is 12.7. The topological polar surface area (TPSA) is 69.3 Å². The maximum absolute atomic E-state index is 12.9. The number of hydrogen-bond acceptors (Lipinski definition) is 5. The number of aromatic nitrogens is 5. The number of nitrogens with one attached hydrogen (secondary N) is 1. The molecule has 0 saturated heterocycles. The van der Waals surface area contributed by atoms with Crippen LogP contribution in [-0.2, 0) is 0 Å². The Bertz CT molecular complexity index is 1200. The van der Waals surface area contributed by atoms with Crippen molar-refractivity contribution in [2.45, 2.75) is 18.5 Å². The summed E-state index contributed by atoms with van der Waals surface area (Å²) in [6.45, 7) is 1.87. The fourth-order valence-corrected chi connectivity index (χ4v) is 3.06. The van der Waals surface area contributed by atoms with E-state index in [0.717, 1.165) is 5.69 Å². The van der Waals surface area contributed by atoms with Crippen LogP contribution in [0, 0.1) is 6.92 Å². The molecule has 0 fully saturated rings. The molecule has 0 bridgehead atoms. The Balaban J connectivity index is 1.68. The number of hydrogen-bond donors (Lipinski definition) is 1. The van der Waals surface area contributed by atoms with Gasteiger partial charge in [0.1, 0.15) is 11.5 Å². The molecule has 0 radical (unpaired) electrons. The van der Waals surface area contributed by atoms with E-state index in [4.69, 9.17) is 16.3 Å². The minimum Gasteiger partial charge on any atom is -0.479 e. The highest BCUT2D eigenvalue weighted by molar-refractivity contribution is 6.21. The summed E-state index contributed by atoms with van der Waals surface area (Å²) in [6, 6.07) is 6.88. The second-order valence-electron chi connectivity index (χ2n) is 6.49. The van der Waals surface area contributed by atoms with E-state index in [2.05, 4.69) is 20.3 Å². The predicted molar refractivity (Wildman–Crippen MR) is 106 cm³/mol. The number of fused-ring (bicyclic) bond motifs is 1. The van der Waals surface area contributed by atoms with Gasteiger partial charge in [-0.1, -0.05) is 0 Å². The van der Waals surface area contributed by atoms with E-state index in [-0.39, 0.29) is 11.3 Å². The molecule has 1 N–H and O–H groups in total. The van der Waals surface area contributed by atoms with Crippen LogP contribution >= 0.6 is 11.6 Å². The maximum Gasteiger partial charge on any atom is 0.410 e. The first kappa shape index (κ1) is 20.0. The average molecular weight is 437 g/mol. The number of rotatable bonds is 5. The van der Waals surface area contributed by atoms with Gasteiger partial charge in [-0.05, 0) is 31.2 Å². The zero-order chi connectivity index (χ0) is 21.5. The fraction of sp³-hybridized carbons (Fsp3) is 0.211. The summed E-state index contributed by atoms with van der Waals surface area (Å²) in [5, 5.41) is 0.880. The molecular formula is C19H16ClF3N6O. The lowest BCUT2D eigenvalue weighted by molar-refractivity contribution is -0.132. The van der Waals surface area contributed by atoms with Gasteiger partial charge in [0.25, 0.3) is 0 Å². The van der Waals surface area contributed by atoms with E-state index in [1.807, 2.05) is 13.1 Å². The van der Waals surface area contributed by atoms with Crippen LogP contribution in [0.25, 0.3) is 11.3 Å². The summed E-state index contributed by atoms with van der Waals surface area (Å²) in [7, 11) is 1.50. The van der Waals surface area contributed by atoms with Gasteiger partial charge in [-0.3, -0.25) is 0 Å². The molecule has 0 saturated carbocycles. The van der Waals surface area contributed by atoms with Crippen molar-refractivity contribution in [3.63, 3.8) is 0 Å². The third kappa shape index (κ3) is 3.78. The number of aryl methyl sites for hydroxylation is 1. The molecule has 0 aromatic carbocycles. The van der Waals surface area contributed by atoms with Gasteiger partial charge in [0.2, 0.25) is 5.88 Å². The van der Waals surface area contributed by atoms with Crippen LogP contribution < -0.4 is 10.1 Å². The lowest BCUT2D eigenvalue weighted by Gasteiger charge is -2.12. The summed E-state index contributed by atoms with van der Waals surface area (Å²) < 4.78 is 47.5. The van der Waals surface area contributed by atoms with E-state index in [9.17, 15) is 13.2 Å². The van der Waals surface area contributed by atoms with Gasteiger partial charge in [-0.15, -0.1) is 11.6 Å². The molecule has 1 atom stereocenters. The Morgan fingerprint density at radius 2 is 1.97 bits per heavy atom. The molecule has 4 heterocycles. The van der Waals surface area contributed by atoms with Crippen LogP contribution in [0.3, 0.4) is 0 Å². The first-order valence-electron chi connectivity index (χ1n) is 8.77. The number of methoxy groups -OCH3 is 1. The number of pyridine rings is 2. The largest absolute Gasteiger partial charge is 0.479 e. The van der Waals surface area contributed by atoms with Crippen LogP contribution in [0.2, 0.25) is 0 Å². The van der Waals surface area contributed by atoms with E-state index in [1.165, 1.54) is 17.7 Å². The molecule has 0 amide bonds. The standard InChI is InChI=1S/C19H16ClF3N6O/c1-11-8-29(10-24-11)14-5-6-15(27-18(14)30-2)25-12-4-3-7-28-9-13(26-17(12)28)16(20)19(21,22)23/h3-10,16H,1-2H3,(H,25,27). The second-order valence-corrected chi connectivity index (χ2v) is 6.93. The molecule has 30 heavy (non-hydrogen) atoms. The van der Waals surface area contributed by atoms with Gasteiger partial charge in [0.15, 0.2) is 11.0 Å². The molecular weight excluding hydrogens is 421 g/mol. The van der Waals surface area contributed by atoms with Gasteiger partial charge in [-0.2, -0.15) is 18.2 Å². The van der Waals surface area contributed by atoms with Crippen molar-refractivity contribution >= 4 is 28.8 Å². The van der Waals surface area contributed by atoms with Gasteiger partial charge in [-0.25, -0.2) is 9.97 Å². The first-order chi connectivity index (χ1) is 14.3. The molecule has 0 aliphatic carbocycles. The highest BCUT2D eigenvalue weighted by Gasteiger charge is 2.41. The number of nitrogens with zero attached hydrogens (tertiary/aromatic N) is 5. The van der Waals surface area contributed by atoms with Crippen LogP contribution in [0.4, 0.5) is 24.7 Å². The highest BCUT2D eigenvalue weighted by Crippen LogP contribution is 2.38. The normalized spacial score (nSPS) is 12.9. The smallest absolute Gasteiger partial charge is 0.410 e. The number of anilines is 2. The molecule has 4 aromatic rings. The van der Waals surface area contributed by atoms with E-state index < -0.39 is 11.6 Å². The molecule has 156 valence electrons. The SMILES string of the molecule is COc1nc(Nc2cccn3cc(C(Cl)C(F)(F)F)nc23)ccc1-n1cnc(C)c1. The molecule has 11 heteroatoms. The number of halogens is 4. The zero-order valence-electron chi connectivity index (χ0n) is 15.9. The third-order valence-corrected chi connectivity index (χ3v) is 4.81. The summed E-state index contributed by atoms with van der Waals surface area (Å²) in [6.07, 6.45) is 1.74. The summed E-state index contributed by atoms with van der Waals surface area (Å²) >= 11 is 5.53. The zero-order valence-corrected chi connectivity index (χ0v) is 16.6. The van der Waals surface area contributed by atoms with Crippen LogP contribution in [0.5, 0.6) is 5.88 Å². The Labute approximate surface area is 174 Å². The van der Waals surface area contributed by atoms with Crippen molar-refractivity contribution < 1.29 is 17.9 Å². The minimum absolute atomic E-state index is 0.283. The molecule has 1 unspecified atom stereocenters. The quantitative estimate of drug-likeness (QED) is 0.454. The number of ether oxygens (including phenoxy) is 1. The van der Waals surface area contributed by atoms with E-state index in [1.54, 1.807) is 41.4 Å². The first-order valence-corrected chi connectivity index (χ1v) is 9.21. The number of alkyl halides is 4. The van der Waals surface area contributed by atoms with Crippen molar-refractivity contribution in [1.82, 2.24) is 23.9 Å². The average Bonchev–Trinajstić information content (AvgIpc) is 3.33. The van der Waals surface area contributed by atoms with Crippen LogP contribution in [0.1, 0.15) is 16.8 Å². The summed E-state index contributed by atoms with van der Waals surface area (Å²) in [5.41, 5.74) is 2.01. The minimum atomic E-state index is -4.59. The molecule has 0 aliphatic rings. The fourth-order valence-electron chi connectivity index (χ4n) is 2.96. The van der Waals surface area contributed by atoms with Crippen molar-refractivity contribution in [3.8, 4) is 11.6 Å². The highest BCUT2D eigenvalue weighted by atomic mass is 35.5. The molecule has 0 spiro atoms. The lowest BCUT2D eigenvalue weighted by atomic mass is 10.3. The van der Waals surface area contributed by atoms with E-state index in [0.29, 0.717) is 23.1 Å². The van der Waals surface area contributed by atoms with Crippen molar-refractivity contribution in [2.75, 3.05) is 12.4 Å². The summed E-state index contributed by atoms with van der Waals surface area (Å²) in [5.74, 6) is 0.787. The maximum atomic E-state index is 12.9. The molecule has 4 aromatic heterocycles. The van der Waals surface area contributed by atoms with Gasteiger partial charge in [0, 0.05) is 18.6 Å². The van der Waals surface area contributed by atoms with Crippen LogP contribution in [0.15, 0.2) is 49.2 Å². The predicted octanol–water partition coefficient (Wildman–Crippen LogP) is 4.82. The van der Waals surface area contributed by atoms with E-state index >= 15 is 0 Å². The molecule has 0 aliphatic heterocycles. The van der Waals surface area contributed by atoms with Crippen molar-refractivity contribution in [2.24, 2.45) is 0 Å². The second kappa shape index (κ2) is 7.52. The van der Waals surface area contributed by atoms with Gasteiger partial charge >= 0.3 is 6.18 Å². The number of imidazole rings is 2. The van der Waals surface area contributed by atoms with Gasteiger partial charge < -0.3 is 19.0 Å². The Morgan fingerprint density at radius 1 is 1.17 bits per heavy atom. The molecule has 7 nitrogen and oxygen atoms in total. The Kier molecular flexibility index (Phi) is 5.02. The van der Waals surface area contributed by atoms with Crippen molar-refractivity contribution in [3.05, 3.63) is 60.6 Å². The Hall–Kier alpha value is -3.27. The van der Waals surface area contributed by atoms with Crippen molar-refractivity contribution in [1.29, 1.82) is 0 Å². The van der Waals surface area contributed by atoms with Gasteiger partial charge in [0.05, 0.1) is 30.5 Å². The van der Waals surface area contributed by atoms with Crippen LogP contribution in [-0.4, -0.2) is 37.2 Å². The molecule has 4 rings (SSSR count). The Morgan fingerprint density at radius 3 is 2.63 bits per heavy atom. The third-order valence-electron chi connectivity index (χ3n) is 4.33.